The van der Waals surface area contributed by atoms with Crippen LogP contribution in [0, 0.1) is 0 Å². The summed E-state index contributed by atoms with van der Waals surface area (Å²) in [6.07, 6.45) is 0.917. The van der Waals surface area contributed by atoms with Crippen molar-refractivity contribution in [1.29, 1.82) is 0 Å². The van der Waals surface area contributed by atoms with Crippen LogP contribution in [0.1, 0.15) is 11.1 Å². The van der Waals surface area contributed by atoms with E-state index in [4.69, 9.17) is 5.73 Å². The lowest BCUT2D eigenvalue weighted by Gasteiger charge is -2.24. The summed E-state index contributed by atoms with van der Waals surface area (Å²) < 4.78 is 0. The van der Waals surface area contributed by atoms with Crippen LogP contribution in [0.2, 0.25) is 0 Å². The van der Waals surface area contributed by atoms with E-state index in [1.54, 1.807) is 6.07 Å². The Hall–Kier alpha value is -1.06. The van der Waals surface area contributed by atoms with Crippen molar-refractivity contribution in [3.63, 3.8) is 0 Å². The zero-order chi connectivity index (χ0) is 9.26. The van der Waals surface area contributed by atoms with Gasteiger partial charge in [0.1, 0.15) is 5.75 Å². The van der Waals surface area contributed by atoms with E-state index in [0.717, 1.165) is 13.0 Å². The fourth-order valence-electron chi connectivity index (χ4n) is 1.73. The Morgan fingerprint density at radius 3 is 3.08 bits per heavy atom. The number of nitrogens with two attached hydrogens (primary N) is 1. The minimum atomic E-state index is 0.344. The summed E-state index contributed by atoms with van der Waals surface area (Å²) in [6.45, 7) is 1.51. The molecular weight excluding hydrogens is 164 g/mol. The highest BCUT2D eigenvalue weighted by Gasteiger charge is 2.16. The van der Waals surface area contributed by atoms with Crippen LogP contribution in [0.5, 0.6) is 5.75 Å². The number of benzene rings is 1. The Morgan fingerprint density at radius 2 is 2.31 bits per heavy atom. The topological polar surface area (TPSA) is 58.3 Å². The molecule has 1 unspecified atom stereocenters. The molecule has 1 aliphatic heterocycles. The second kappa shape index (κ2) is 3.36. The molecule has 0 saturated carbocycles. The first kappa shape index (κ1) is 8.53. The summed E-state index contributed by atoms with van der Waals surface area (Å²) in [5.41, 5.74) is 8.06. The van der Waals surface area contributed by atoms with Gasteiger partial charge in [-0.1, -0.05) is 6.07 Å². The predicted molar refractivity (Wildman–Crippen MR) is 51.5 cm³/mol. The van der Waals surface area contributed by atoms with Crippen LogP contribution in [0.25, 0.3) is 0 Å². The van der Waals surface area contributed by atoms with Crippen LogP contribution in [0.3, 0.4) is 0 Å². The van der Waals surface area contributed by atoms with Gasteiger partial charge < -0.3 is 16.2 Å². The van der Waals surface area contributed by atoms with Crippen LogP contribution in [0.4, 0.5) is 0 Å². The first-order chi connectivity index (χ1) is 6.29. The Morgan fingerprint density at radius 1 is 1.46 bits per heavy atom. The van der Waals surface area contributed by atoms with E-state index in [-0.39, 0.29) is 0 Å². The number of phenolic OH excluding ortho intramolecular Hbond substituents is 1. The van der Waals surface area contributed by atoms with Gasteiger partial charge in [-0.3, -0.25) is 0 Å². The molecule has 1 aliphatic rings. The SMILES string of the molecule is NCC1Cc2cc(O)ccc2CN1. The number of rotatable bonds is 1. The third-order valence-electron chi connectivity index (χ3n) is 2.52. The van der Waals surface area contributed by atoms with Crippen molar-refractivity contribution in [3.8, 4) is 5.75 Å². The molecular formula is C10H14N2O. The first-order valence-corrected chi connectivity index (χ1v) is 4.54. The van der Waals surface area contributed by atoms with Crippen molar-refractivity contribution < 1.29 is 5.11 Å². The van der Waals surface area contributed by atoms with Crippen molar-refractivity contribution in [2.45, 2.75) is 19.0 Å². The fourth-order valence-corrected chi connectivity index (χ4v) is 1.73. The molecule has 1 aromatic rings. The number of nitrogens with one attached hydrogen (secondary N) is 1. The molecule has 0 aromatic heterocycles. The number of hydrogen-bond donors (Lipinski definition) is 3. The van der Waals surface area contributed by atoms with Crippen LogP contribution >= 0.6 is 0 Å². The zero-order valence-corrected chi connectivity index (χ0v) is 7.46. The van der Waals surface area contributed by atoms with Crippen LogP contribution < -0.4 is 11.1 Å². The minimum absolute atomic E-state index is 0.344. The van der Waals surface area contributed by atoms with E-state index < -0.39 is 0 Å². The molecule has 13 heavy (non-hydrogen) atoms. The molecule has 70 valence electrons. The largest absolute Gasteiger partial charge is 0.508 e. The second-order valence-electron chi connectivity index (χ2n) is 3.47. The number of phenols is 1. The van der Waals surface area contributed by atoms with Crippen LogP contribution in [-0.2, 0) is 13.0 Å². The summed E-state index contributed by atoms with van der Waals surface area (Å²) in [5, 5.41) is 12.6. The van der Waals surface area contributed by atoms with E-state index in [1.807, 2.05) is 12.1 Å². The van der Waals surface area contributed by atoms with Crippen molar-refractivity contribution in [3.05, 3.63) is 29.3 Å². The highest BCUT2D eigenvalue weighted by Crippen LogP contribution is 2.21. The van der Waals surface area contributed by atoms with Gasteiger partial charge in [-0.15, -0.1) is 0 Å². The summed E-state index contributed by atoms with van der Waals surface area (Å²) in [7, 11) is 0. The van der Waals surface area contributed by atoms with Gasteiger partial charge in [0.15, 0.2) is 0 Å². The van der Waals surface area contributed by atoms with Gasteiger partial charge in [0.05, 0.1) is 0 Å². The molecule has 0 saturated heterocycles. The molecule has 0 amide bonds. The summed E-state index contributed by atoms with van der Waals surface area (Å²) in [6, 6.07) is 5.88. The van der Waals surface area contributed by atoms with Crippen molar-refractivity contribution in [1.82, 2.24) is 5.32 Å². The lowest BCUT2D eigenvalue weighted by atomic mass is 9.96. The number of fused-ring (bicyclic) bond motifs is 1. The highest BCUT2D eigenvalue weighted by molar-refractivity contribution is 5.36. The molecule has 3 nitrogen and oxygen atoms in total. The third-order valence-corrected chi connectivity index (χ3v) is 2.52. The van der Waals surface area contributed by atoms with E-state index >= 15 is 0 Å². The van der Waals surface area contributed by atoms with Gasteiger partial charge in [-0.2, -0.15) is 0 Å². The maximum atomic E-state index is 9.30. The Balaban J connectivity index is 2.27. The Bertz CT molecular complexity index is 312. The van der Waals surface area contributed by atoms with Gasteiger partial charge in [0.25, 0.3) is 0 Å². The molecule has 0 fully saturated rings. The van der Waals surface area contributed by atoms with Gasteiger partial charge in [-0.25, -0.2) is 0 Å². The van der Waals surface area contributed by atoms with E-state index in [1.165, 1.54) is 11.1 Å². The average Bonchev–Trinajstić information content (AvgIpc) is 2.16. The third kappa shape index (κ3) is 1.66. The van der Waals surface area contributed by atoms with Gasteiger partial charge in [0.2, 0.25) is 0 Å². The van der Waals surface area contributed by atoms with E-state index in [9.17, 15) is 5.11 Å². The average molecular weight is 178 g/mol. The molecule has 1 heterocycles. The first-order valence-electron chi connectivity index (χ1n) is 4.54. The highest BCUT2D eigenvalue weighted by atomic mass is 16.3. The van der Waals surface area contributed by atoms with Gasteiger partial charge >= 0.3 is 0 Å². The molecule has 4 N–H and O–H groups in total. The Kier molecular flexibility index (Phi) is 2.20. The molecule has 0 radical (unpaired) electrons. The van der Waals surface area contributed by atoms with Gasteiger partial charge in [-0.05, 0) is 29.7 Å². The standard InChI is InChI=1S/C10H14N2O/c11-5-9-3-8-4-10(13)2-1-7(8)6-12-9/h1-2,4,9,12-13H,3,5-6,11H2. The fraction of sp³-hybridized carbons (Fsp3) is 0.400. The molecule has 1 atom stereocenters. The van der Waals surface area contributed by atoms with E-state index in [2.05, 4.69) is 5.32 Å². The molecule has 0 bridgehead atoms. The van der Waals surface area contributed by atoms with Crippen molar-refractivity contribution in [2.24, 2.45) is 5.73 Å². The summed E-state index contributed by atoms with van der Waals surface area (Å²) in [4.78, 5) is 0. The molecule has 3 heteroatoms. The molecule has 0 aliphatic carbocycles. The monoisotopic (exact) mass is 178 g/mol. The predicted octanol–water partition coefficient (Wildman–Crippen LogP) is 0.365. The molecule has 2 rings (SSSR count). The molecule has 1 aromatic carbocycles. The normalized spacial score (nSPS) is 21.2. The van der Waals surface area contributed by atoms with Crippen LogP contribution in [-0.4, -0.2) is 17.7 Å². The van der Waals surface area contributed by atoms with Gasteiger partial charge in [0, 0.05) is 19.1 Å². The Labute approximate surface area is 77.6 Å². The summed E-state index contributed by atoms with van der Waals surface area (Å²) in [5.74, 6) is 0.344. The van der Waals surface area contributed by atoms with Crippen molar-refractivity contribution >= 4 is 0 Å². The number of aromatic hydroxyl groups is 1. The minimum Gasteiger partial charge on any atom is -0.508 e. The lowest BCUT2D eigenvalue weighted by molar-refractivity contribution is 0.463. The summed E-state index contributed by atoms with van der Waals surface area (Å²) >= 11 is 0. The molecule has 0 spiro atoms. The maximum absolute atomic E-state index is 9.30. The second-order valence-corrected chi connectivity index (χ2v) is 3.47. The number of hydrogen-bond acceptors (Lipinski definition) is 3. The quantitative estimate of drug-likeness (QED) is 0.582. The van der Waals surface area contributed by atoms with E-state index in [0.29, 0.717) is 18.3 Å². The lowest BCUT2D eigenvalue weighted by Crippen LogP contribution is -2.40. The smallest absolute Gasteiger partial charge is 0.115 e. The van der Waals surface area contributed by atoms with Crippen molar-refractivity contribution in [2.75, 3.05) is 6.54 Å². The van der Waals surface area contributed by atoms with Crippen LogP contribution in [0.15, 0.2) is 18.2 Å². The maximum Gasteiger partial charge on any atom is 0.115 e. The zero-order valence-electron chi connectivity index (χ0n) is 7.46.